The largest absolute Gasteiger partial charge is 0.484 e. The lowest BCUT2D eigenvalue weighted by molar-refractivity contribution is -0.385. The summed E-state index contributed by atoms with van der Waals surface area (Å²) in [6, 6.07) is 5.10. The van der Waals surface area contributed by atoms with E-state index in [2.05, 4.69) is 5.32 Å². The molecule has 0 unspecified atom stereocenters. The minimum absolute atomic E-state index is 0.0936. The molecule has 0 atom stereocenters. The maximum Gasteiger partial charge on any atom is 0.312 e. The lowest BCUT2D eigenvalue weighted by Gasteiger charge is -2.08. The van der Waals surface area contributed by atoms with Gasteiger partial charge in [-0.2, -0.15) is 0 Å². The molecule has 1 aromatic carbocycles. The van der Waals surface area contributed by atoms with Crippen molar-refractivity contribution in [3.8, 4) is 5.75 Å². The van der Waals surface area contributed by atoms with Crippen molar-refractivity contribution >= 4 is 17.3 Å². The Labute approximate surface area is 104 Å². The number of nitrogens with one attached hydrogen (secondary N) is 1. The van der Waals surface area contributed by atoms with Crippen LogP contribution in [-0.4, -0.2) is 24.1 Å². The molecule has 1 N–H and O–H groups in total. The molecule has 92 valence electrons. The van der Waals surface area contributed by atoms with Crippen LogP contribution in [-0.2, 0) is 0 Å². The summed E-state index contributed by atoms with van der Waals surface area (Å²) in [5.41, 5.74) is -0.0936. The number of halogens is 1. The van der Waals surface area contributed by atoms with Crippen LogP contribution in [0.2, 0.25) is 5.02 Å². The lowest BCUT2D eigenvalue weighted by Crippen LogP contribution is -2.23. The van der Waals surface area contributed by atoms with Gasteiger partial charge in [0.05, 0.1) is 9.95 Å². The monoisotopic (exact) mass is 256 g/mol. The number of ether oxygens (including phenoxy) is 1. The summed E-state index contributed by atoms with van der Waals surface area (Å²) in [5.74, 6) is 0.150. The van der Waals surface area contributed by atoms with Crippen LogP contribution in [0.4, 0.5) is 5.69 Å². The number of benzene rings is 1. The van der Waals surface area contributed by atoms with Gasteiger partial charge in [-0.15, -0.1) is 0 Å². The normalized spacial score (nSPS) is 14.6. The molecule has 17 heavy (non-hydrogen) atoms. The molecule has 5 nitrogen and oxygen atoms in total. The zero-order chi connectivity index (χ0) is 12.3. The number of hydrogen-bond acceptors (Lipinski definition) is 4. The molecule has 1 aliphatic rings. The summed E-state index contributed by atoms with van der Waals surface area (Å²) in [5, 5.41) is 14.3. The molecule has 2 rings (SSSR count). The third-order valence-corrected chi connectivity index (χ3v) is 2.80. The van der Waals surface area contributed by atoms with Gasteiger partial charge in [0.15, 0.2) is 0 Å². The predicted molar refractivity (Wildman–Crippen MR) is 64.6 cm³/mol. The first-order valence-electron chi connectivity index (χ1n) is 5.47. The SMILES string of the molecule is O=[N+]([O-])c1cccc(Cl)c1OCCNC1CC1. The molecule has 0 bridgehead atoms. The van der Waals surface area contributed by atoms with Crippen molar-refractivity contribution in [1.82, 2.24) is 5.32 Å². The Balaban J connectivity index is 1.94. The first-order chi connectivity index (χ1) is 8.18. The molecule has 1 saturated carbocycles. The zero-order valence-corrected chi connectivity index (χ0v) is 9.94. The van der Waals surface area contributed by atoms with E-state index in [9.17, 15) is 10.1 Å². The Morgan fingerprint density at radius 1 is 1.53 bits per heavy atom. The Kier molecular flexibility index (Phi) is 3.81. The molecule has 0 heterocycles. The summed E-state index contributed by atoms with van der Waals surface area (Å²) in [7, 11) is 0. The molecular weight excluding hydrogens is 244 g/mol. The van der Waals surface area contributed by atoms with E-state index in [1.165, 1.54) is 25.0 Å². The highest BCUT2D eigenvalue weighted by Gasteiger charge is 2.21. The highest BCUT2D eigenvalue weighted by molar-refractivity contribution is 6.32. The summed E-state index contributed by atoms with van der Waals surface area (Å²) in [4.78, 5) is 10.3. The van der Waals surface area contributed by atoms with Gasteiger partial charge in [0.1, 0.15) is 6.61 Å². The van der Waals surface area contributed by atoms with Gasteiger partial charge in [0, 0.05) is 18.7 Å². The molecule has 0 aromatic heterocycles. The van der Waals surface area contributed by atoms with Crippen molar-refractivity contribution < 1.29 is 9.66 Å². The van der Waals surface area contributed by atoms with Gasteiger partial charge in [0.25, 0.3) is 0 Å². The van der Waals surface area contributed by atoms with Gasteiger partial charge in [0.2, 0.25) is 5.75 Å². The van der Waals surface area contributed by atoms with Crippen molar-refractivity contribution in [3.05, 3.63) is 33.3 Å². The van der Waals surface area contributed by atoms with Crippen molar-refractivity contribution in [2.75, 3.05) is 13.2 Å². The van der Waals surface area contributed by atoms with E-state index in [0.29, 0.717) is 19.2 Å². The second-order valence-corrected chi connectivity index (χ2v) is 4.33. The first kappa shape index (κ1) is 12.1. The van der Waals surface area contributed by atoms with E-state index in [1.807, 2.05) is 0 Å². The summed E-state index contributed by atoms with van der Waals surface area (Å²) >= 11 is 5.88. The van der Waals surface area contributed by atoms with E-state index in [0.717, 1.165) is 0 Å². The summed E-state index contributed by atoms with van der Waals surface area (Å²) in [6.45, 7) is 1.05. The van der Waals surface area contributed by atoms with E-state index >= 15 is 0 Å². The fraction of sp³-hybridized carbons (Fsp3) is 0.455. The highest BCUT2D eigenvalue weighted by atomic mass is 35.5. The van der Waals surface area contributed by atoms with Crippen LogP contribution in [0, 0.1) is 10.1 Å². The molecule has 1 aromatic rings. The Bertz CT molecular complexity index is 421. The quantitative estimate of drug-likeness (QED) is 0.482. The number of rotatable bonds is 6. The molecule has 0 aliphatic heterocycles. The molecule has 0 spiro atoms. The van der Waals surface area contributed by atoms with Gasteiger partial charge in [-0.05, 0) is 18.9 Å². The summed E-state index contributed by atoms with van der Waals surface area (Å²) < 4.78 is 5.37. The third-order valence-electron chi connectivity index (χ3n) is 2.50. The molecular formula is C11H13ClN2O3. The predicted octanol–water partition coefficient (Wildman–Crippen LogP) is 2.38. The van der Waals surface area contributed by atoms with Gasteiger partial charge >= 0.3 is 5.69 Å². The summed E-state index contributed by atoms with van der Waals surface area (Å²) in [6.07, 6.45) is 2.40. The molecule has 0 saturated heterocycles. The minimum Gasteiger partial charge on any atom is -0.484 e. The molecule has 6 heteroatoms. The van der Waals surface area contributed by atoms with Crippen molar-refractivity contribution in [1.29, 1.82) is 0 Å². The average molecular weight is 257 g/mol. The number of para-hydroxylation sites is 1. The number of nitro groups is 1. The van der Waals surface area contributed by atoms with Crippen LogP contribution >= 0.6 is 11.6 Å². The fourth-order valence-corrected chi connectivity index (χ4v) is 1.71. The van der Waals surface area contributed by atoms with Gasteiger partial charge in [-0.3, -0.25) is 10.1 Å². The first-order valence-corrected chi connectivity index (χ1v) is 5.85. The van der Waals surface area contributed by atoms with Gasteiger partial charge in [-0.25, -0.2) is 0 Å². The van der Waals surface area contributed by atoms with E-state index in [1.54, 1.807) is 6.07 Å². The third kappa shape index (κ3) is 3.31. The van der Waals surface area contributed by atoms with Gasteiger partial charge < -0.3 is 10.1 Å². The second kappa shape index (κ2) is 5.33. The number of hydrogen-bond donors (Lipinski definition) is 1. The maximum atomic E-state index is 10.8. The highest BCUT2D eigenvalue weighted by Crippen LogP contribution is 2.34. The van der Waals surface area contributed by atoms with Crippen LogP contribution in [0.5, 0.6) is 5.75 Å². The minimum atomic E-state index is -0.491. The number of nitro benzene ring substituents is 1. The molecule has 1 fully saturated rings. The smallest absolute Gasteiger partial charge is 0.312 e. The number of nitrogens with zero attached hydrogens (tertiary/aromatic N) is 1. The van der Waals surface area contributed by atoms with Crippen molar-refractivity contribution in [2.24, 2.45) is 0 Å². The van der Waals surface area contributed by atoms with E-state index < -0.39 is 4.92 Å². The standard InChI is InChI=1S/C11H13ClN2O3/c12-9-2-1-3-10(14(15)16)11(9)17-7-6-13-8-4-5-8/h1-3,8,13H,4-7H2. The lowest BCUT2D eigenvalue weighted by atomic mass is 10.3. The fourth-order valence-electron chi connectivity index (χ4n) is 1.49. The molecule has 1 aliphatic carbocycles. The topological polar surface area (TPSA) is 64.4 Å². The van der Waals surface area contributed by atoms with Gasteiger partial charge in [-0.1, -0.05) is 17.7 Å². The van der Waals surface area contributed by atoms with E-state index in [-0.39, 0.29) is 16.5 Å². The Morgan fingerprint density at radius 2 is 2.29 bits per heavy atom. The van der Waals surface area contributed by atoms with Crippen LogP contribution < -0.4 is 10.1 Å². The zero-order valence-electron chi connectivity index (χ0n) is 9.19. The molecule has 0 radical (unpaired) electrons. The van der Waals surface area contributed by atoms with Crippen molar-refractivity contribution in [3.63, 3.8) is 0 Å². The van der Waals surface area contributed by atoms with E-state index in [4.69, 9.17) is 16.3 Å². The molecule has 0 amide bonds. The Hall–Kier alpha value is -1.33. The van der Waals surface area contributed by atoms with Crippen molar-refractivity contribution in [2.45, 2.75) is 18.9 Å². The Morgan fingerprint density at radius 3 is 2.94 bits per heavy atom. The van der Waals surface area contributed by atoms with Crippen LogP contribution in [0.1, 0.15) is 12.8 Å². The van der Waals surface area contributed by atoms with Crippen LogP contribution in [0.3, 0.4) is 0 Å². The second-order valence-electron chi connectivity index (χ2n) is 3.92. The van der Waals surface area contributed by atoms with Crippen LogP contribution in [0.25, 0.3) is 0 Å². The van der Waals surface area contributed by atoms with Crippen LogP contribution in [0.15, 0.2) is 18.2 Å². The average Bonchev–Trinajstić information content (AvgIpc) is 3.09. The maximum absolute atomic E-state index is 10.8.